The predicted molar refractivity (Wildman–Crippen MR) is 136 cm³/mol. The van der Waals surface area contributed by atoms with Crippen LogP contribution in [0.3, 0.4) is 0 Å². The number of hydrogen-bond acceptors (Lipinski definition) is 7. The Morgan fingerprint density at radius 3 is 2.59 bits per heavy atom. The van der Waals surface area contributed by atoms with E-state index in [1.807, 2.05) is 41.6 Å². The Hall–Kier alpha value is -4.21. The van der Waals surface area contributed by atoms with Crippen molar-refractivity contribution in [3.05, 3.63) is 48.3 Å². The van der Waals surface area contributed by atoms with Crippen molar-refractivity contribution in [1.29, 1.82) is 0 Å². The molecular weight excluding hydrogens is 468 g/mol. The zero-order chi connectivity index (χ0) is 25.5. The number of carbonyl (C=O) groups excluding carboxylic acids is 2. The number of nitrogens with zero attached hydrogens (tertiary/aromatic N) is 8. The van der Waals surface area contributed by atoms with Crippen LogP contribution < -0.4 is 4.90 Å². The van der Waals surface area contributed by atoms with Crippen molar-refractivity contribution in [2.45, 2.75) is 38.1 Å². The molecule has 4 aromatic rings. The maximum atomic E-state index is 13.7. The van der Waals surface area contributed by atoms with Gasteiger partial charge in [-0.15, -0.1) is 0 Å². The van der Waals surface area contributed by atoms with Crippen LogP contribution >= 0.6 is 0 Å². The average Bonchev–Trinajstić information content (AvgIpc) is 3.54. The summed E-state index contributed by atoms with van der Waals surface area (Å²) in [7, 11) is 3.71. The first-order valence-corrected chi connectivity index (χ1v) is 12.6. The SMILES string of the molecule is Cc1ncc(-c2nc3c(-c4ccc5c(c4)C4(CCCN4C(=O)C4CC4)C(=O)N5C)ncnc3n2C)cn1. The fourth-order valence-corrected chi connectivity index (χ4v) is 5.96. The summed E-state index contributed by atoms with van der Waals surface area (Å²) in [5.41, 5.74) is 4.42. The third-order valence-corrected chi connectivity index (χ3v) is 8.00. The van der Waals surface area contributed by atoms with E-state index >= 15 is 0 Å². The molecule has 0 radical (unpaired) electrons. The Morgan fingerprint density at radius 1 is 1.05 bits per heavy atom. The number of likely N-dealkylation sites (N-methyl/N-ethyl adjacent to an activating group) is 1. The minimum atomic E-state index is -0.944. The standard InChI is InChI=1S/C27H26N8O2/c1-15-28-12-18(13-29-15)23-32-22-21(30-14-31-24(22)34(23)3)17-7-8-20-19(11-17)27(26(37)33(20)2)9-4-10-35(27)25(36)16-5-6-16/h7-8,11-14,16H,4-6,9-10H2,1-3H3. The number of fused-ring (bicyclic) bond motifs is 3. The quantitative estimate of drug-likeness (QED) is 0.431. The molecule has 2 amide bonds. The van der Waals surface area contributed by atoms with Gasteiger partial charge in [0, 0.05) is 55.8 Å². The van der Waals surface area contributed by atoms with Crippen molar-refractivity contribution in [3.8, 4) is 22.6 Å². The smallest absolute Gasteiger partial charge is 0.257 e. The Balaban J connectivity index is 1.38. The van der Waals surface area contributed by atoms with Gasteiger partial charge in [0.15, 0.2) is 5.65 Å². The van der Waals surface area contributed by atoms with Gasteiger partial charge in [0.1, 0.15) is 34.7 Å². The summed E-state index contributed by atoms with van der Waals surface area (Å²) >= 11 is 0. The van der Waals surface area contributed by atoms with E-state index in [2.05, 4.69) is 19.9 Å². The van der Waals surface area contributed by atoms with E-state index in [-0.39, 0.29) is 17.7 Å². The molecule has 3 aliphatic rings. The van der Waals surface area contributed by atoms with Crippen LogP contribution in [0, 0.1) is 12.8 Å². The maximum Gasteiger partial charge on any atom is 0.257 e. The molecule has 3 aromatic heterocycles. The number of imidazole rings is 1. The number of rotatable bonds is 3. The summed E-state index contributed by atoms with van der Waals surface area (Å²) in [5.74, 6) is 1.52. The summed E-state index contributed by atoms with van der Waals surface area (Å²) in [5, 5.41) is 0. The number of carbonyl (C=O) groups is 2. The van der Waals surface area contributed by atoms with Crippen molar-refractivity contribution in [1.82, 2.24) is 34.4 Å². The van der Waals surface area contributed by atoms with Gasteiger partial charge in [0.25, 0.3) is 5.91 Å². The zero-order valence-electron chi connectivity index (χ0n) is 21.0. The van der Waals surface area contributed by atoms with Gasteiger partial charge < -0.3 is 14.4 Å². The summed E-state index contributed by atoms with van der Waals surface area (Å²) in [6.45, 7) is 2.45. The van der Waals surface area contributed by atoms with Crippen molar-refractivity contribution in [2.75, 3.05) is 18.5 Å². The van der Waals surface area contributed by atoms with Crippen LogP contribution in [0.15, 0.2) is 36.9 Å². The molecule has 186 valence electrons. The van der Waals surface area contributed by atoms with E-state index in [0.29, 0.717) is 41.5 Å². The van der Waals surface area contributed by atoms with Crippen molar-refractivity contribution in [3.63, 3.8) is 0 Å². The summed E-state index contributed by atoms with van der Waals surface area (Å²) in [4.78, 5) is 53.1. The molecule has 0 N–H and O–H groups in total. The van der Waals surface area contributed by atoms with Gasteiger partial charge in [-0.2, -0.15) is 0 Å². The number of likely N-dealkylation sites (tertiary alicyclic amines) is 1. The van der Waals surface area contributed by atoms with Crippen molar-refractivity contribution < 1.29 is 9.59 Å². The van der Waals surface area contributed by atoms with Crippen LogP contribution in [0.4, 0.5) is 5.69 Å². The minimum absolute atomic E-state index is 0.0292. The van der Waals surface area contributed by atoms with Crippen LogP contribution in [0.25, 0.3) is 33.8 Å². The zero-order valence-corrected chi connectivity index (χ0v) is 21.0. The second-order valence-corrected chi connectivity index (χ2v) is 10.2. The number of benzene rings is 1. The van der Waals surface area contributed by atoms with Gasteiger partial charge >= 0.3 is 0 Å². The topological polar surface area (TPSA) is 110 Å². The van der Waals surface area contributed by atoms with Crippen LogP contribution in [0.2, 0.25) is 0 Å². The minimum Gasteiger partial charge on any atom is -0.324 e. The predicted octanol–water partition coefficient (Wildman–Crippen LogP) is 3.00. The van der Waals surface area contributed by atoms with E-state index in [1.54, 1.807) is 24.3 Å². The van der Waals surface area contributed by atoms with Gasteiger partial charge in [0.2, 0.25) is 5.91 Å². The molecule has 10 heteroatoms. The van der Waals surface area contributed by atoms with Gasteiger partial charge in [-0.05, 0) is 44.7 Å². The van der Waals surface area contributed by atoms with Gasteiger partial charge in [0.05, 0.1) is 5.56 Å². The first kappa shape index (κ1) is 22.0. The molecule has 5 heterocycles. The van der Waals surface area contributed by atoms with Crippen LogP contribution in [0.1, 0.15) is 37.1 Å². The molecule has 1 atom stereocenters. The first-order valence-electron chi connectivity index (χ1n) is 12.6. The highest BCUT2D eigenvalue weighted by molar-refractivity contribution is 6.10. The largest absolute Gasteiger partial charge is 0.324 e. The van der Waals surface area contributed by atoms with Crippen molar-refractivity contribution >= 4 is 28.7 Å². The molecule has 0 bridgehead atoms. The number of aryl methyl sites for hydroxylation is 2. The van der Waals surface area contributed by atoms with E-state index in [9.17, 15) is 9.59 Å². The molecule has 1 spiro atoms. The number of amides is 2. The number of aromatic nitrogens is 6. The fourth-order valence-electron chi connectivity index (χ4n) is 5.96. The molecule has 1 saturated heterocycles. The molecule has 10 nitrogen and oxygen atoms in total. The molecule has 1 aromatic carbocycles. The number of anilines is 1. The molecule has 2 fully saturated rings. The maximum absolute atomic E-state index is 13.7. The second kappa shape index (κ2) is 7.64. The first-order chi connectivity index (χ1) is 17.9. The lowest BCUT2D eigenvalue weighted by atomic mass is 9.86. The Kier molecular flexibility index (Phi) is 4.55. The summed E-state index contributed by atoms with van der Waals surface area (Å²) < 4.78 is 1.91. The lowest BCUT2D eigenvalue weighted by Crippen LogP contribution is -2.51. The molecule has 7 rings (SSSR count). The van der Waals surface area contributed by atoms with E-state index < -0.39 is 5.54 Å². The number of hydrogen-bond donors (Lipinski definition) is 0. The van der Waals surface area contributed by atoms with Crippen LogP contribution in [-0.2, 0) is 22.2 Å². The normalized spacial score (nSPS) is 20.9. The molecule has 1 saturated carbocycles. The second-order valence-electron chi connectivity index (χ2n) is 10.2. The molecule has 37 heavy (non-hydrogen) atoms. The van der Waals surface area contributed by atoms with Crippen molar-refractivity contribution in [2.24, 2.45) is 13.0 Å². The van der Waals surface area contributed by atoms with Gasteiger partial charge in [-0.3, -0.25) is 9.59 Å². The third-order valence-electron chi connectivity index (χ3n) is 8.00. The molecule has 2 aliphatic heterocycles. The Bertz CT molecular complexity index is 1610. The Labute approximate surface area is 213 Å². The third kappa shape index (κ3) is 3.01. The van der Waals surface area contributed by atoms with E-state index in [4.69, 9.17) is 4.98 Å². The van der Waals surface area contributed by atoms with E-state index in [1.165, 1.54) is 6.33 Å². The monoisotopic (exact) mass is 494 g/mol. The van der Waals surface area contributed by atoms with Gasteiger partial charge in [-0.1, -0.05) is 6.07 Å². The lowest BCUT2D eigenvalue weighted by molar-refractivity contribution is -0.144. The molecular formula is C27H26N8O2. The highest BCUT2D eigenvalue weighted by Gasteiger charge is 2.58. The lowest BCUT2D eigenvalue weighted by Gasteiger charge is -2.34. The molecule has 1 aliphatic carbocycles. The van der Waals surface area contributed by atoms with Crippen LogP contribution in [-0.4, -0.2) is 59.8 Å². The van der Waals surface area contributed by atoms with E-state index in [0.717, 1.165) is 41.6 Å². The molecule has 1 unspecified atom stereocenters. The van der Waals surface area contributed by atoms with Gasteiger partial charge in [-0.25, -0.2) is 24.9 Å². The summed E-state index contributed by atoms with van der Waals surface area (Å²) in [6.07, 6.45) is 8.30. The Morgan fingerprint density at radius 2 is 1.84 bits per heavy atom. The fraction of sp³-hybridized carbons (Fsp3) is 0.370. The summed E-state index contributed by atoms with van der Waals surface area (Å²) in [6, 6.07) is 5.95. The highest BCUT2D eigenvalue weighted by atomic mass is 16.2. The average molecular weight is 495 g/mol. The highest BCUT2D eigenvalue weighted by Crippen LogP contribution is 2.52. The van der Waals surface area contributed by atoms with Crippen LogP contribution in [0.5, 0.6) is 0 Å².